The Morgan fingerprint density at radius 2 is 1.60 bits per heavy atom. The summed E-state index contributed by atoms with van der Waals surface area (Å²) in [5.41, 5.74) is 12.9. The molecule has 0 aliphatic heterocycles. The molecule has 2 aromatic rings. The molecule has 0 bridgehead atoms. The number of carbonyl (C=O) groups excluding carboxylic acids is 3. The van der Waals surface area contributed by atoms with E-state index in [1.165, 1.54) is 37.9 Å². The molecule has 8 nitrogen and oxygen atoms in total. The van der Waals surface area contributed by atoms with Gasteiger partial charge in [-0.05, 0) is 55.2 Å². The zero-order chi connectivity index (χ0) is 33.9. The minimum atomic E-state index is -0.610. The minimum absolute atomic E-state index is 0.184. The van der Waals surface area contributed by atoms with Crippen LogP contribution in [0.1, 0.15) is 51.7 Å². The molecule has 0 aliphatic rings. The molecule has 1 amide bonds. The molecule has 2 rings (SSSR count). The van der Waals surface area contributed by atoms with Crippen LogP contribution in [0.4, 0.5) is 8.78 Å². The zero-order valence-electron chi connectivity index (χ0n) is 26.1. The average molecular weight is 605 g/mol. The van der Waals surface area contributed by atoms with Gasteiger partial charge in [0.1, 0.15) is 36.6 Å². The van der Waals surface area contributed by atoms with E-state index in [2.05, 4.69) is 43.9 Å². The largest absolute Gasteiger partial charge is 0.491 e. The summed E-state index contributed by atoms with van der Waals surface area (Å²) in [5, 5.41) is 0. The molecule has 0 aromatic heterocycles. The number of aldehydes is 2. The van der Waals surface area contributed by atoms with Crippen LogP contribution in [0.15, 0.2) is 97.4 Å². The molecule has 0 saturated heterocycles. The number of ether oxygens (including phenoxy) is 1. The molecule has 10 heteroatoms. The average Bonchev–Trinajstić information content (AvgIpc) is 3.02. The van der Waals surface area contributed by atoms with E-state index in [0.717, 1.165) is 11.6 Å². The number of nitrogens with two attached hydrogens (primary N) is 3. The lowest BCUT2D eigenvalue weighted by molar-refractivity contribution is -0.107. The molecular formula is C33H50F2N4O4. The van der Waals surface area contributed by atoms with Crippen molar-refractivity contribution in [3.05, 3.63) is 120 Å². The summed E-state index contributed by atoms with van der Waals surface area (Å²) in [6.07, 6.45) is 10.0. The SMILES string of the molecule is C=CC.C=CC(C)CC.CCC(C=O)=CC=O.CN.NC=O.NN/C=C(/Cc1ccc(F)cc1F)OCc1ccccc1. The van der Waals surface area contributed by atoms with Crippen molar-refractivity contribution in [1.29, 1.82) is 0 Å². The summed E-state index contributed by atoms with van der Waals surface area (Å²) < 4.78 is 32.1. The van der Waals surface area contributed by atoms with E-state index in [4.69, 9.17) is 15.4 Å². The lowest BCUT2D eigenvalue weighted by atomic mass is 10.1. The molecule has 0 aliphatic carbocycles. The monoisotopic (exact) mass is 604 g/mol. The fraction of sp³-hybridized carbons (Fsp3) is 0.303. The van der Waals surface area contributed by atoms with Crippen molar-refractivity contribution >= 4 is 19.0 Å². The van der Waals surface area contributed by atoms with Crippen molar-refractivity contribution in [3.63, 3.8) is 0 Å². The summed E-state index contributed by atoms with van der Waals surface area (Å²) >= 11 is 0. The second kappa shape index (κ2) is 35.6. The van der Waals surface area contributed by atoms with E-state index in [-0.39, 0.29) is 12.8 Å². The van der Waals surface area contributed by atoms with E-state index in [1.807, 2.05) is 50.3 Å². The Bertz CT molecular complexity index is 1040. The predicted molar refractivity (Wildman–Crippen MR) is 173 cm³/mol. The maximum Gasteiger partial charge on any atom is 0.204 e. The smallest absolute Gasteiger partial charge is 0.204 e. The number of primary amides is 1. The standard InChI is InChI=1S/C16H16F2N2O.C6H8O2.C6H12.C3H6.CH3NO.CH5N/c17-14-7-6-13(16(18)9-14)8-15(10-20-19)21-11-12-4-2-1-3-5-12;1-2-6(5-8)3-4-7;1-4-6(3)5-2;1-3-2;2-1-3;1-2/h1-7,9-10,20H,8,11,19H2;3-5H,2H2,1H3;4,6H,1,5H2,2-3H3;3H,1H2,2H3;1H,(H2,2,3);2H2,1H3/b15-10-;;;;;. The normalized spacial score (nSPS) is 10.2. The van der Waals surface area contributed by atoms with Crippen LogP contribution < -0.4 is 22.7 Å². The van der Waals surface area contributed by atoms with Gasteiger partial charge in [0, 0.05) is 12.5 Å². The molecule has 240 valence electrons. The topological polar surface area (TPSA) is 151 Å². The first kappa shape index (κ1) is 45.6. The molecule has 0 heterocycles. The van der Waals surface area contributed by atoms with Gasteiger partial charge in [-0.2, -0.15) is 0 Å². The molecule has 43 heavy (non-hydrogen) atoms. The van der Waals surface area contributed by atoms with Crippen molar-refractivity contribution in [2.24, 2.45) is 23.2 Å². The maximum absolute atomic E-state index is 13.6. The van der Waals surface area contributed by atoms with Gasteiger partial charge in [-0.3, -0.25) is 20.2 Å². The van der Waals surface area contributed by atoms with E-state index in [1.54, 1.807) is 6.08 Å². The van der Waals surface area contributed by atoms with Gasteiger partial charge in [0.2, 0.25) is 6.41 Å². The number of hydrogen-bond donors (Lipinski definition) is 4. The van der Waals surface area contributed by atoms with Gasteiger partial charge in [0.25, 0.3) is 0 Å². The van der Waals surface area contributed by atoms with Crippen LogP contribution >= 0.6 is 0 Å². The van der Waals surface area contributed by atoms with Crippen LogP contribution in [-0.2, 0) is 32.1 Å². The van der Waals surface area contributed by atoms with Crippen molar-refractivity contribution in [3.8, 4) is 0 Å². The second-order valence-electron chi connectivity index (χ2n) is 7.98. The van der Waals surface area contributed by atoms with Crippen molar-refractivity contribution in [2.45, 2.75) is 53.6 Å². The minimum Gasteiger partial charge on any atom is -0.491 e. The summed E-state index contributed by atoms with van der Waals surface area (Å²) in [6, 6.07) is 13.0. The number of allylic oxidation sites excluding steroid dienone is 5. The van der Waals surface area contributed by atoms with Crippen LogP contribution in [-0.4, -0.2) is 26.0 Å². The first-order chi connectivity index (χ1) is 20.7. The van der Waals surface area contributed by atoms with E-state index < -0.39 is 11.6 Å². The summed E-state index contributed by atoms with van der Waals surface area (Å²) in [5.74, 6) is 5.20. The Kier molecular flexibility index (Phi) is 37.7. The summed E-state index contributed by atoms with van der Waals surface area (Å²) in [4.78, 5) is 28.2. The second-order valence-corrected chi connectivity index (χ2v) is 7.98. The molecule has 1 unspecified atom stereocenters. The molecule has 2 aromatic carbocycles. The van der Waals surface area contributed by atoms with Crippen LogP contribution in [0.2, 0.25) is 0 Å². The predicted octanol–water partition coefficient (Wildman–Crippen LogP) is 5.84. The molecular weight excluding hydrogens is 554 g/mol. The maximum atomic E-state index is 13.6. The Balaban J connectivity index is -0.000000285. The first-order valence-electron chi connectivity index (χ1n) is 13.5. The Labute approximate surface area is 256 Å². The fourth-order valence-corrected chi connectivity index (χ4v) is 2.33. The van der Waals surface area contributed by atoms with Crippen LogP contribution in [0.3, 0.4) is 0 Å². The third kappa shape index (κ3) is 30.4. The number of rotatable bonds is 11. The Hall–Kier alpha value is -4.41. The molecule has 1 atom stereocenters. The third-order valence-electron chi connectivity index (χ3n) is 4.78. The Morgan fingerprint density at radius 3 is 1.95 bits per heavy atom. The van der Waals surface area contributed by atoms with Crippen molar-refractivity contribution < 1.29 is 27.9 Å². The quantitative estimate of drug-likeness (QED) is 0.0629. The van der Waals surface area contributed by atoms with Crippen molar-refractivity contribution in [1.82, 2.24) is 5.43 Å². The Morgan fingerprint density at radius 1 is 1.05 bits per heavy atom. The highest BCUT2D eigenvalue weighted by atomic mass is 19.1. The van der Waals surface area contributed by atoms with E-state index in [0.29, 0.717) is 48.4 Å². The molecule has 0 fully saturated rings. The summed E-state index contributed by atoms with van der Waals surface area (Å²) in [6.45, 7) is 15.4. The van der Waals surface area contributed by atoms with Gasteiger partial charge in [0.05, 0.1) is 6.20 Å². The molecule has 0 saturated carbocycles. The van der Waals surface area contributed by atoms with Crippen LogP contribution in [0.5, 0.6) is 0 Å². The molecule has 7 N–H and O–H groups in total. The van der Waals surface area contributed by atoms with E-state index in [9.17, 15) is 18.4 Å². The fourth-order valence-electron chi connectivity index (χ4n) is 2.33. The lowest BCUT2D eigenvalue weighted by Gasteiger charge is -2.11. The number of nitrogens with one attached hydrogen (secondary N) is 1. The van der Waals surface area contributed by atoms with Gasteiger partial charge in [-0.1, -0.05) is 75.7 Å². The van der Waals surface area contributed by atoms with Gasteiger partial charge in [0.15, 0.2) is 0 Å². The van der Waals surface area contributed by atoms with Crippen molar-refractivity contribution in [2.75, 3.05) is 7.05 Å². The number of carbonyl (C=O) groups is 3. The lowest BCUT2D eigenvalue weighted by Crippen LogP contribution is -2.16. The highest BCUT2D eigenvalue weighted by Gasteiger charge is 2.08. The van der Waals surface area contributed by atoms with Gasteiger partial charge < -0.3 is 21.6 Å². The highest BCUT2D eigenvalue weighted by molar-refractivity contribution is 5.81. The van der Waals surface area contributed by atoms with Gasteiger partial charge in [-0.15, -0.1) is 13.2 Å². The molecule has 0 radical (unpaired) electrons. The number of halogens is 2. The number of benzene rings is 2. The van der Waals surface area contributed by atoms with Crippen LogP contribution in [0.25, 0.3) is 0 Å². The molecule has 0 spiro atoms. The number of hydrogen-bond acceptors (Lipinski definition) is 7. The number of amides is 1. The van der Waals surface area contributed by atoms with Gasteiger partial charge >= 0.3 is 0 Å². The first-order valence-corrected chi connectivity index (χ1v) is 13.5. The summed E-state index contributed by atoms with van der Waals surface area (Å²) in [7, 11) is 1.50. The zero-order valence-corrected chi connectivity index (χ0v) is 26.1. The third-order valence-corrected chi connectivity index (χ3v) is 4.78. The highest BCUT2D eigenvalue weighted by Crippen LogP contribution is 2.16. The van der Waals surface area contributed by atoms with Gasteiger partial charge in [-0.25, -0.2) is 8.78 Å². The number of hydrazine groups is 1. The van der Waals surface area contributed by atoms with Crippen LogP contribution in [0, 0.1) is 17.6 Å². The van der Waals surface area contributed by atoms with E-state index >= 15 is 0 Å².